The molecule has 4 rings (SSSR count). The molecular formula is C21H24F2N2O. The average Bonchev–Trinajstić information content (AvgIpc) is 2.65. The zero-order chi connectivity index (χ0) is 18.1. The van der Waals surface area contributed by atoms with Crippen LogP contribution in [0.1, 0.15) is 19.8 Å². The van der Waals surface area contributed by atoms with Crippen molar-refractivity contribution in [2.75, 3.05) is 24.5 Å². The number of piperazine rings is 1. The van der Waals surface area contributed by atoms with Gasteiger partial charge in [-0.1, -0.05) is 0 Å². The average molecular weight is 358 g/mol. The first kappa shape index (κ1) is 17.3. The molecule has 2 heterocycles. The molecule has 2 aromatic rings. The lowest BCUT2D eigenvalue weighted by Gasteiger charge is -2.51. The molecule has 0 aliphatic carbocycles. The standard InChI is InChI=1S/C21H24F2N2O/c1-15-21-11-10-20(26-19-8-4-17(23)5-9-19)14-24(21)12-13-25(15)18-6-2-16(22)3-7-18/h2-9,15,20-21H,10-14H2,1H3/t15?,20-,21+/m1/s1. The Labute approximate surface area is 153 Å². The molecule has 0 radical (unpaired) electrons. The zero-order valence-corrected chi connectivity index (χ0v) is 14.9. The third-order valence-electron chi connectivity index (χ3n) is 5.64. The summed E-state index contributed by atoms with van der Waals surface area (Å²) in [6.45, 7) is 5.03. The predicted molar refractivity (Wildman–Crippen MR) is 98.6 cm³/mol. The molecule has 0 bridgehead atoms. The van der Waals surface area contributed by atoms with Crippen LogP contribution in [0.15, 0.2) is 48.5 Å². The summed E-state index contributed by atoms with van der Waals surface area (Å²) < 4.78 is 32.3. The van der Waals surface area contributed by atoms with E-state index in [1.54, 1.807) is 12.1 Å². The molecule has 26 heavy (non-hydrogen) atoms. The number of ether oxygens (including phenoxy) is 1. The summed E-state index contributed by atoms with van der Waals surface area (Å²) >= 11 is 0. The minimum absolute atomic E-state index is 0.140. The lowest BCUT2D eigenvalue weighted by molar-refractivity contribution is 0.0290. The molecule has 2 aliphatic rings. The molecule has 2 aromatic carbocycles. The second-order valence-electron chi connectivity index (χ2n) is 7.24. The maximum absolute atomic E-state index is 13.2. The second-order valence-corrected chi connectivity index (χ2v) is 7.24. The molecule has 2 fully saturated rings. The molecule has 1 unspecified atom stereocenters. The van der Waals surface area contributed by atoms with Gasteiger partial charge in [0.1, 0.15) is 23.5 Å². The van der Waals surface area contributed by atoms with E-state index in [4.69, 9.17) is 4.74 Å². The Hall–Kier alpha value is -2.14. The Balaban J connectivity index is 1.40. The van der Waals surface area contributed by atoms with E-state index in [9.17, 15) is 8.78 Å². The van der Waals surface area contributed by atoms with E-state index in [0.29, 0.717) is 12.1 Å². The predicted octanol–water partition coefficient (Wildman–Crippen LogP) is 4.09. The number of hydrogen-bond acceptors (Lipinski definition) is 3. The van der Waals surface area contributed by atoms with Crippen molar-refractivity contribution >= 4 is 5.69 Å². The number of fused-ring (bicyclic) bond motifs is 1. The molecule has 0 spiro atoms. The van der Waals surface area contributed by atoms with Crippen LogP contribution in [0.2, 0.25) is 0 Å². The summed E-state index contributed by atoms with van der Waals surface area (Å²) in [6, 6.07) is 13.9. The van der Waals surface area contributed by atoms with Gasteiger partial charge in [-0.05, 0) is 68.3 Å². The van der Waals surface area contributed by atoms with Crippen molar-refractivity contribution in [2.24, 2.45) is 0 Å². The summed E-state index contributed by atoms with van der Waals surface area (Å²) in [7, 11) is 0. The fraction of sp³-hybridized carbons (Fsp3) is 0.429. The highest BCUT2D eigenvalue weighted by Gasteiger charge is 2.38. The van der Waals surface area contributed by atoms with E-state index in [2.05, 4.69) is 16.7 Å². The van der Waals surface area contributed by atoms with Crippen LogP contribution in [-0.2, 0) is 0 Å². The number of halogens is 2. The Morgan fingerprint density at radius 2 is 1.54 bits per heavy atom. The van der Waals surface area contributed by atoms with Crippen LogP contribution < -0.4 is 9.64 Å². The third kappa shape index (κ3) is 3.54. The maximum atomic E-state index is 13.2. The third-order valence-corrected chi connectivity index (χ3v) is 5.64. The van der Waals surface area contributed by atoms with Crippen molar-refractivity contribution < 1.29 is 13.5 Å². The zero-order valence-electron chi connectivity index (χ0n) is 14.9. The Morgan fingerprint density at radius 1 is 0.885 bits per heavy atom. The lowest BCUT2D eigenvalue weighted by atomic mass is 9.91. The van der Waals surface area contributed by atoms with E-state index in [1.807, 2.05) is 12.1 Å². The first-order valence-corrected chi connectivity index (χ1v) is 9.28. The number of rotatable bonds is 3. The van der Waals surface area contributed by atoms with Crippen molar-refractivity contribution in [1.82, 2.24) is 4.90 Å². The molecule has 2 aliphatic heterocycles. The van der Waals surface area contributed by atoms with Gasteiger partial charge < -0.3 is 9.64 Å². The van der Waals surface area contributed by atoms with E-state index in [0.717, 1.165) is 43.9 Å². The van der Waals surface area contributed by atoms with Crippen LogP contribution in [-0.4, -0.2) is 42.7 Å². The van der Waals surface area contributed by atoms with Crippen LogP contribution in [0, 0.1) is 11.6 Å². The van der Waals surface area contributed by atoms with Gasteiger partial charge in [0, 0.05) is 37.4 Å². The highest BCUT2D eigenvalue weighted by molar-refractivity contribution is 5.48. The van der Waals surface area contributed by atoms with Crippen LogP contribution in [0.25, 0.3) is 0 Å². The highest BCUT2D eigenvalue weighted by atomic mass is 19.1. The smallest absolute Gasteiger partial charge is 0.123 e. The maximum Gasteiger partial charge on any atom is 0.123 e. The van der Waals surface area contributed by atoms with Crippen molar-refractivity contribution in [3.05, 3.63) is 60.2 Å². The van der Waals surface area contributed by atoms with E-state index in [-0.39, 0.29) is 17.7 Å². The fourth-order valence-corrected chi connectivity index (χ4v) is 4.28. The Kier molecular flexibility index (Phi) is 4.81. The van der Waals surface area contributed by atoms with Gasteiger partial charge in [-0.15, -0.1) is 0 Å². The first-order valence-electron chi connectivity index (χ1n) is 9.28. The van der Waals surface area contributed by atoms with Gasteiger partial charge in [0.05, 0.1) is 0 Å². The molecule has 3 atom stereocenters. The monoisotopic (exact) mass is 358 g/mol. The molecule has 0 N–H and O–H groups in total. The van der Waals surface area contributed by atoms with Crippen LogP contribution in [0.5, 0.6) is 5.75 Å². The molecule has 0 saturated carbocycles. The van der Waals surface area contributed by atoms with Gasteiger partial charge in [-0.3, -0.25) is 4.90 Å². The molecule has 2 saturated heterocycles. The molecular weight excluding hydrogens is 334 g/mol. The largest absolute Gasteiger partial charge is 0.489 e. The number of anilines is 1. The summed E-state index contributed by atoms with van der Waals surface area (Å²) in [5, 5.41) is 0. The Bertz CT molecular complexity index is 735. The van der Waals surface area contributed by atoms with Crippen LogP contribution >= 0.6 is 0 Å². The van der Waals surface area contributed by atoms with Crippen LogP contribution in [0.3, 0.4) is 0 Å². The molecule has 3 nitrogen and oxygen atoms in total. The number of benzene rings is 2. The molecule has 5 heteroatoms. The molecule has 0 amide bonds. The number of nitrogens with zero attached hydrogens (tertiary/aromatic N) is 2. The van der Waals surface area contributed by atoms with E-state index < -0.39 is 0 Å². The molecule has 0 aromatic heterocycles. The topological polar surface area (TPSA) is 15.7 Å². The van der Waals surface area contributed by atoms with Crippen molar-refractivity contribution in [3.8, 4) is 5.75 Å². The second kappa shape index (κ2) is 7.23. The minimum Gasteiger partial charge on any atom is -0.489 e. The van der Waals surface area contributed by atoms with Gasteiger partial charge in [0.2, 0.25) is 0 Å². The van der Waals surface area contributed by atoms with Gasteiger partial charge in [0.15, 0.2) is 0 Å². The molecule has 138 valence electrons. The SMILES string of the molecule is CC1[C@@H]2CC[C@@H](Oc3ccc(F)cc3)CN2CCN1c1ccc(F)cc1. The van der Waals surface area contributed by atoms with Crippen molar-refractivity contribution in [1.29, 1.82) is 0 Å². The van der Waals surface area contributed by atoms with Crippen molar-refractivity contribution in [2.45, 2.75) is 38.0 Å². The fourth-order valence-electron chi connectivity index (χ4n) is 4.28. The summed E-state index contributed by atoms with van der Waals surface area (Å²) in [5.74, 6) is 0.290. The highest BCUT2D eigenvalue weighted by Crippen LogP contribution is 2.31. The lowest BCUT2D eigenvalue weighted by Crippen LogP contribution is -2.62. The summed E-state index contributed by atoms with van der Waals surface area (Å²) in [5.41, 5.74) is 1.09. The van der Waals surface area contributed by atoms with Crippen LogP contribution in [0.4, 0.5) is 14.5 Å². The van der Waals surface area contributed by atoms with Gasteiger partial charge in [-0.2, -0.15) is 0 Å². The number of hydrogen-bond donors (Lipinski definition) is 0. The first-order chi connectivity index (χ1) is 12.6. The normalized spacial score (nSPS) is 26.4. The van der Waals surface area contributed by atoms with E-state index in [1.165, 1.54) is 24.3 Å². The summed E-state index contributed by atoms with van der Waals surface area (Å²) in [4.78, 5) is 4.88. The van der Waals surface area contributed by atoms with Gasteiger partial charge in [0.25, 0.3) is 0 Å². The quantitative estimate of drug-likeness (QED) is 0.822. The van der Waals surface area contributed by atoms with Gasteiger partial charge >= 0.3 is 0 Å². The minimum atomic E-state index is -0.244. The van der Waals surface area contributed by atoms with E-state index >= 15 is 0 Å². The van der Waals surface area contributed by atoms with Crippen molar-refractivity contribution in [3.63, 3.8) is 0 Å². The summed E-state index contributed by atoms with van der Waals surface area (Å²) in [6.07, 6.45) is 2.19. The van der Waals surface area contributed by atoms with Gasteiger partial charge in [-0.25, -0.2) is 8.78 Å². The Morgan fingerprint density at radius 3 is 2.23 bits per heavy atom. The number of piperidine rings is 1.